The van der Waals surface area contributed by atoms with Crippen molar-refractivity contribution < 1.29 is 28.4 Å². The quantitative estimate of drug-likeness (QED) is 0.0845. The predicted molar refractivity (Wildman–Crippen MR) is 184 cm³/mol. The summed E-state index contributed by atoms with van der Waals surface area (Å²) in [5.41, 5.74) is 5.32. The number of ether oxygens (including phenoxy) is 6. The molecule has 2 aromatic heterocycles. The fraction of sp³-hybridized carbons (Fsp3) is 0.263. The summed E-state index contributed by atoms with van der Waals surface area (Å²) in [7, 11) is 0. The summed E-state index contributed by atoms with van der Waals surface area (Å²) in [4.78, 5) is 0. The Hall–Kier alpha value is -5.72. The Morgan fingerprint density at radius 1 is 0.500 bits per heavy atom. The monoisotopic (exact) mass is 672 g/mol. The van der Waals surface area contributed by atoms with Crippen LogP contribution in [0.4, 0.5) is 0 Å². The topological polar surface area (TPSA) is 123 Å². The molecule has 2 saturated heterocycles. The van der Waals surface area contributed by atoms with E-state index in [2.05, 4.69) is 20.6 Å². The van der Waals surface area contributed by atoms with Crippen LogP contribution in [0.1, 0.15) is 12.8 Å². The van der Waals surface area contributed by atoms with Gasteiger partial charge in [0.2, 0.25) is 0 Å². The highest BCUT2D eigenvalue weighted by Crippen LogP contribution is 2.25. The number of hydrogen-bond donors (Lipinski definition) is 0. The molecular formula is C38H36N6O6. The van der Waals surface area contributed by atoms with Crippen LogP contribution >= 0.6 is 0 Å². The first kappa shape index (κ1) is 31.5. The summed E-state index contributed by atoms with van der Waals surface area (Å²) < 4.78 is 37.2. The number of aromatic nitrogens is 6. The highest BCUT2D eigenvalue weighted by Gasteiger charge is 2.23. The highest BCUT2D eigenvalue weighted by molar-refractivity contribution is 5.60. The fourth-order valence-corrected chi connectivity index (χ4v) is 5.17. The summed E-state index contributed by atoms with van der Waals surface area (Å²) in [6.07, 6.45) is 6.02. The first-order valence-corrected chi connectivity index (χ1v) is 16.7. The highest BCUT2D eigenvalue weighted by atomic mass is 16.6. The van der Waals surface area contributed by atoms with Gasteiger partial charge in [0.15, 0.2) is 0 Å². The molecule has 0 radical (unpaired) electrons. The van der Waals surface area contributed by atoms with E-state index in [4.69, 9.17) is 28.4 Å². The lowest BCUT2D eigenvalue weighted by molar-refractivity contribution is 0.263. The minimum Gasteiger partial charge on any atom is -0.494 e. The maximum absolute atomic E-state index is 5.96. The van der Waals surface area contributed by atoms with Crippen LogP contribution in [0, 0.1) is 0 Å². The molecule has 8 rings (SSSR count). The molecule has 2 aliphatic rings. The summed E-state index contributed by atoms with van der Waals surface area (Å²) in [5.74, 6) is 3.24. The number of epoxide rings is 2. The van der Waals surface area contributed by atoms with Crippen LogP contribution in [0.3, 0.4) is 0 Å². The van der Waals surface area contributed by atoms with Crippen molar-refractivity contribution >= 4 is 0 Å². The average Bonchev–Trinajstić information content (AvgIpc) is 4.08. The molecule has 12 heteroatoms. The van der Waals surface area contributed by atoms with Crippen molar-refractivity contribution in [3.8, 4) is 56.9 Å². The van der Waals surface area contributed by atoms with Gasteiger partial charge in [0.05, 0.1) is 50.2 Å². The van der Waals surface area contributed by atoms with Crippen LogP contribution in [-0.4, -0.2) is 81.8 Å². The standard InChI is InChI=1S/C38H36N6O6/c1(19-45-31-11-3-27(4-12-31)37-21-44(42-39-37)30-9-17-34(18-10-30)48-24-36-26-50-36)2-20-46-32-15-7-29(8-16-32)43-22-38(40-41-43)28-5-13-33(14-6-28)47-23-35-25-49-35/h3-18,21-22,35-36H,1-2,19-20,23-26H2. The largest absolute Gasteiger partial charge is 0.494 e. The van der Waals surface area contributed by atoms with Crippen LogP contribution in [-0.2, 0) is 9.47 Å². The normalized spacial score (nSPS) is 16.2. The minimum atomic E-state index is 0.230. The van der Waals surface area contributed by atoms with Gasteiger partial charge in [-0.1, -0.05) is 10.4 Å². The Morgan fingerprint density at radius 2 is 0.860 bits per heavy atom. The SMILES string of the molecule is c1cc(-c2cn(-c3ccc(OCC4CO4)cc3)nn2)ccc1OCCCCOc1ccc(-n2cc(-c3ccc(OCC4CO4)cc3)nn2)cc1. The lowest BCUT2D eigenvalue weighted by Gasteiger charge is -2.09. The summed E-state index contributed by atoms with van der Waals surface area (Å²) in [5, 5.41) is 17.3. The van der Waals surface area contributed by atoms with Crippen molar-refractivity contribution in [2.45, 2.75) is 25.0 Å². The Balaban J connectivity index is 0.741. The van der Waals surface area contributed by atoms with Crippen molar-refractivity contribution in [1.82, 2.24) is 30.0 Å². The second-order valence-electron chi connectivity index (χ2n) is 12.1. The van der Waals surface area contributed by atoms with Crippen LogP contribution in [0.15, 0.2) is 109 Å². The molecule has 2 aliphatic heterocycles. The van der Waals surface area contributed by atoms with E-state index in [0.29, 0.717) is 26.4 Å². The van der Waals surface area contributed by atoms with Crippen molar-refractivity contribution in [2.75, 3.05) is 39.6 Å². The Bertz CT molecular complexity index is 1820. The zero-order valence-corrected chi connectivity index (χ0v) is 27.3. The Labute approximate surface area is 289 Å². The van der Waals surface area contributed by atoms with E-state index >= 15 is 0 Å². The molecule has 0 amide bonds. The zero-order chi connectivity index (χ0) is 33.5. The van der Waals surface area contributed by atoms with E-state index in [-0.39, 0.29) is 12.2 Å². The molecule has 0 N–H and O–H groups in total. The van der Waals surface area contributed by atoms with E-state index in [1.807, 2.05) is 109 Å². The van der Waals surface area contributed by atoms with Gasteiger partial charge in [0.25, 0.3) is 0 Å². The van der Waals surface area contributed by atoms with Crippen molar-refractivity contribution in [2.24, 2.45) is 0 Å². The molecule has 4 aromatic carbocycles. The predicted octanol–water partition coefficient (Wildman–Crippen LogP) is 5.98. The molecule has 2 atom stereocenters. The van der Waals surface area contributed by atoms with Gasteiger partial charge in [-0.15, -0.1) is 10.2 Å². The number of hydrogen-bond acceptors (Lipinski definition) is 10. The van der Waals surface area contributed by atoms with Gasteiger partial charge >= 0.3 is 0 Å². The molecular weight excluding hydrogens is 636 g/mol. The van der Waals surface area contributed by atoms with E-state index in [9.17, 15) is 0 Å². The Morgan fingerprint density at radius 3 is 1.24 bits per heavy atom. The molecule has 4 heterocycles. The number of unbranched alkanes of at least 4 members (excludes halogenated alkanes) is 1. The molecule has 12 nitrogen and oxygen atoms in total. The van der Waals surface area contributed by atoms with Gasteiger partial charge in [-0.25, -0.2) is 9.36 Å². The number of rotatable bonds is 17. The number of benzene rings is 4. The molecule has 2 fully saturated rings. The summed E-state index contributed by atoms with van der Waals surface area (Å²) in [6.45, 7) is 3.92. The van der Waals surface area contributed by atoms with Gasteiger partial charge in [-0.05, 0) is 110 Å². The molecule has 0 bridgehead atoms. The van der Waals surface area contributed by atoms with Crippen molar-refractivity contribution in [1.29, 1.82) is 0 Å². The smallest absolute Gasteiger partial charge is 0.119 e. The van der Waals surface area contributed by atoms with E-state index in [0.717, 1.165) is 82.9 Å². The maximum atomic E-state index is 5.96. The van der Waals surface area contributed by atoms with Crippen LogP contribution in [0.25, 0.3) is 33.9 Å². The molecule has 50 heavy (non-hydrogen) atoms. The van der Waals surface area contributed by atoms with Crippen LogP contribution < -0.4 is 18.9 Å². The second-order valence-corrected chi connectivity index (χ2v) is 12.1. The molecule has 6 aromatic rings. The average molecular weight is 673 g/mol. The third-order valence-corrected chi connectivity index (χ3v) is 8.24. The van der Waals surface area contributed by atoms with E-state index < -0.39 is 0 Å². The Kier molecular flexibility index (Phi) is 9.34. The fourth-order valence-electron chi connectivity index (χ4n) is 5.17. The van der Waals surface area contributed by atoms with Gasteiger partial charge < -0.3 is 28.4 Å². The van der Waals surface area contributed by atoms with Crippen molar-refractivity contribution in [3.63, 3.8) is 0 Å². The molecule has 0 spiro atoms. The van der Waals surface area contributed by atoms with Crippen LogP contribution in [0.5, 0.6) is 23.0 Å². The van der Waals surface area contributed by atoms with E-state index in [1.165, 1.54) is 0 Å². The molecule has 254 valence electrons. The van der Waals surface area contributed by atoms with Crippen LogP contribution in [0.2, 0.25) is 0 Å². The third kappa shape index (κ3) is 8.28. The first-order chi connectivity index (χ1) is 24.7. The summed E-state index contributed by atoms with van der Waals surface area (Å²) in [6, 6.07) is 31.3. The first-order valence-electron chi connectivity index (χ1n) is 16.7. The van der Waals surface area contributed by atoms with E-state index in [1.54, 1.807) is 9.36 Å². The number of nitrogens with zero attached hydrogens (tertiary/aromatic N) is 6. The lowest BCUT2D eigenvalue weighted by Crippen LogP contribution is -2.04. The summed E-state index contributed by atoms with van der Waals surface area (Å²) >= 11 is 0. The maximum Gasteiger partial charge on any atom is 0.119 e. The molecule has 2 unspecified atom stereocenters. The zero-order valence-electron chi connectivity index (χ0n) is 27.3. The van der Waals surface area contributed by atoms with Gasteiger partial charge in [-0.3, -0.25) is 0 Å². The van der Waals surface area contributed by atoms with Gasteiger partial charge in [0, 0.05) is 11.1 Å². The lowest BCUT2D eigenvalue weighted by atomic mass is 10.1. The van der Waals surface area contributed by atoms with Gasteiger partial charge in [0.1, 0.15) is 59.8 Å². The second kappa shape index (κ2) is 14.8. The molecule has 0 saturated carbocycles. The molecule has 0 aliphatic carbocycles. The third-order valence-electron chi connectivity index (χ3n) is 8.24. The van der Waals surface area contributed by atoms with Gasteiger partial charge in [-0.2, -0.15) is 0 Å². The minimum absolute atomic E-state index is 0.230. The van der Waals surface area contributed by atoms with Crippen molar-refractivity contribution in [3.05, 3.63) is 109 Å².